The van der Waals surface area contributed by atoms with E-state index in [1.165, 1.54) is 18.2 Å². The lowest BCUT2D eigenvalue weighted by Gasteiger charge is -2.27. The maximum Gasteiger partial charge on any atom is 0.201 e. The van der Waals surface area contributed by atoms with Gasteiger partial charge in [0.1, 0.15) is 11.5 Å². The van der Waals surface area contributed by atoms with Crippen molar-refractivity contribution >= 4 is 11.6 Å². The van der Waals surface area contributed by atoms with Crippen molar-refractivity contribution in [2.24, 2.45) is 0 Å². The molecular formula is C20H18O4. The average molecular weight is 322 g/mol. The predicted octanol–water partition coefficient (Wildman–Crippen LogP) is 3.62. The first kappa shape index (κ1) is 16.0. The van der Waals surface area contributed by atoms with Gasteiger partial charge in [0.05, 0.1) is 17.0 Å². The summed E-state index contributed by atoms with van der Waals surface area (Å²) < 4.78 is 0. The smallest absolute Gasteiger partial charge is 0.201 e. The van der Waals surface area contributed by atoms with Gasteiger partial charge in [-0.2, -0.15) is 0 Å². The Balaban J connectivity index is 2.37. The number of aryl methyl sites for hydroxylation is 1. The van der Waals surface area contributed by atoms with Crippen LogP contribution in [0.4, 0.5) is 0 Å². The molecule has 0 amide bonds. The number of carbonyl (C=O) groups is 2. The molecule has 0 spiro atoms. The zero-order chi connectivity index (χ0) is 17.6. The molecule has 0 saturated heterocycles. The zero-order valence-corrected chi connectivity index (χ0v) is 13.8. The number of hydrogen-bond acceptors (Lipinski definition) is 4. The highest BCUT2D eigenvalue weighted by Gasteiger charge is 2.37. The third kappa shape index (κ3) is 2.40. The van der Waals surface area contributed by atoms with Gasteiger partial charge in [0, 0.05) is 0 Å². The number of ketones is 2. The van der Waals surface area contributed by atoms with E-state index >= 15 is 0 Å². The minimum Gasteiger partial charge on any atom is -0.507 e. The van der Waals surface area contributed by atoms with Crippen LogP contribution in [0, 0.1) is 6.92 Å². The first-order chi connectivity index (χ1) is 11.3. The highest BCUT2D eigenvalue weighted by Crippen LogP contribution is 2.44. The summed E-state index contributed by atoms with van der Waals surface area (Å²) >= 11 is 0. The van der Waals surface area contributed by atoms with Crippen molar-refractivity contribution in [2.75, 3.05) is 0 Å². The number of phenolic OH excluding ortho intramolecular Hbond substituents is 2. The Kier molecular flexibility index (Phi) is 3.76. The van der Waals surface area contributed by atoms with Crippen molar-refractivity contribution in [1.29, 1.82) is 0 Å². The second kappa shape index (κ2) is 5.64. The van der Waals surface area contributed by atoms with Crippen LogP contribution >= 0.6 is 0 Å². The molecule has 0 fully saturated rings. The van der Waals surface area contributed by atoms with Crippen LogP contribution < -0.4 is 0 Å². The number of benzene rings is 2. The molecule has 0 heterocycles. The predicted molar refractivity (Wildman–Crippen MR) is 90.7 cm³/mol. The summed E-state index contributed by atoms with van der Waals surface area (Å²) in [5, 5.41) is 20.4. The number of carbonyl (C=O) groups excluding carboxylic acids is 2. The van der Waals surface area contributed by atoms with Crippen LogP contribution in [0.25, 0.3) is 0 Å². The molecule has 0 radical (unpaired) electrons. The Bertz CT molecular complexity index is 902. The Morgan fingerprint density at radius 1 is 1.04 bits per heavy atom. The largest absolute Gasteiger partial charge is 0.507 e. The van der Waals surface area contributed by atoms with Crippen LogP contribution in [0.2, 0.25) is 0 Å². The zero-order valence-electron chi connectivity index (χ0n) is 13.8. The molecule has 4 heteroatoms. The van der Waals surface area contributed by atoms with E-state index in [1.807, 2.05) is 13.8 Å². The summed E-state index contributed by atoms with van der Waals surface area (Å²) in [4.78, 5) is 25.6. The monoisotopic (exact) mass is 322 g/mol. The molecule has 122 valence electrons. The Labute approximate surface area is 140 Å². The minimum atomic E-state index is -0.722. The topological polar surface area (TPSA) is 74.6 Å². The average Bonchev–Trinajstić information content (AvgIpc) is 2.45. The van der Waals surface area contributed by atoms with Crippen LogP contribution in [-0.2, 0) is 4.79 Å². The van der Waals surface area contributed by atoms with Gasteiger partial charge in [-0.1, -0.05) is 23.8 Å². The van der Waals surface area contributed by atoms with Gasteiger partial charge in [-0.25, -0.2) is 0 Å². The van der Waals surface area contributed by atoms with E-state index in [9.17, 15) is 19.8 Å². The van der Waals surface area contributed by atoms with Gasteiger partial charge in [-0.3, -0.25) is 9.59 Å². The highest BCUT2D eigenvalue weighted by atomic mass is 16.3. The van der Waals surface area contributed by atoms with Gasteiger partial charge in [-0.15, -0.1) is 0 Å². The van der Waals surface area contributed by atoms with E-state index in [-0.39, 0.29) is 28.4 Å². The van der Waals surface area contributed by atoms with Crippen molar-refractivity contribution in [3.05, 3.63) is 69.8 Å². The fourth-order valence-electron chi connectivity index (χ4n) is 3.28. The second-order valence-corrected chi connectivity index (χ2v) is 6.38. The van der Waals surface area contributed by atoms with Crippen molar-refractivity contribution < 1.29 is 19.8 Å². The van der Waals surface area contributed by atoms with Gasteiger partial charge in [-0.05, 0) is 55.7 Å². The van der Waals surface area contributed by atoms with E-state index in [0.29, 0.717) is 11.1 Å². The summed E-state index contributed by atoms with van der Waals surface area (Å²) in [6.07, 6.45) is 1.53. The summed E-state index contributed by atoms with van der Waals surface area (Å²) in [5.74, 6) is -1.71. The quantitative estimate of drug-likeness (QED) is 0.828. The summed E-state index contributed by atoms with van der Waals surface area (Å²) in [7, 11) is 0. The molecule has 0 bridgehead atoms. The Morgan fingerprint density at radius 3 is 2.38 bits per heavy atom. The molecule has 2 aromatic carbocycles. The van der Waals surface area contributed by atoms with Crippen molar-refractivity contribution in [3.8, 4) is 11.5 Å². The molecule has 3 rings (SSSR count). The van der Waals surface area contributed by atoms with Crippen LogP contribution in [0.1, 0.15) is 52.4 Å². The summed E-state index contributed by atoms with van der Waals surface area (Å²) in [6.45, 7) is 5.44. The number of hydrogen-bond donors (Lipinski definition) is 2. The molecular weight excluding hydrogens is 304 g/mol. The number of fused-ring (bicyclic) bond motifs is 2. The highest BCUT2D eigenvalue weighted by molar-refractivity contribution is 6.18. The Morgan fingerprint density at radius 2 is 1.71 bits per heavy atom. The van der Waals surface area contributed by atoms with Gasteiger partial charge in [0.2, 0.25) is 5.78 Å². The van der Waals surface area contributed by atoms with Gasteiger partial charge >= 0.3 is 0 Å². The molecule has 1 aliphatic rings. The van der Waals surface area contributed by atoms with E-state index < -0.39 is 11.7 Å². The molecule has 0 aliphatic heterocycles. The molecule has 4 nitrogen and oxygen atoms in total. The summed E-state index contributed by atoms with van der Waals surface area (Å²) in [5.41, 5.74) is 2.74. The molecule has 2 N–H and O–H groups in total. The van der Waals surface area contributed by atoms with E-state index in [4.69, 9.17) is 0 Å². The van der Waals surface area contributed by atoms with Gasteiger partial charge in [0.15, 0.2) is 5.78 Å². The molecule has 0 saturated carbocycles. The molecule has 2 aromatic rings. The normalized spacial score (nSPS) is 15.5. The molecule has 1 atom stereocenters. The third-order valence-electron chi connectivity index (χ3n) is 4.16. The van der Waals surface area contributed by atoms with Crippen molar-refractivity contribution in [3.63, 3.8) is 0 Å². The number of allylic oxidation sites excluding steroid dienone is 2. The Hall–Kier alpha value is -2.88. The fraction of sp³-hybridized carbons (Fsp3) is 0.200. The standard InChI is InChI=1S/C20H18O4/c1-10(2)7-15(22)17-12-5-4-6-14(21)18(12)20(24)19-13(17)8-11(3)9-16(19)23/h4-9,17,21,23H,1-3H3/t17-/m1/s1. The van der Waals surface area contributed by atoms with Gasteiger partial charge < -0.3 is 10.2 Å². The first-order valence-corrected chi connectivity index (χ1v) is 7.70. The number of rotatable bonds is 2. The maximum atomic E-state index is 12.8. The van der Waals surface area contributed by atoms with Crippen LogP contribution in [0.5, 0.6) is 11.5 Å². The van der Waals surface area contributed by atoms with Crippen LogP contribution in [0.15, 0.2) is 42.0 Å². The lowest BCUT2D eigenvalue weighted by Crippen LogP contribution is -2.24. The van der Waals surface area contributed by atoms with E-state index in [2.05, 4.69) is 0 Å². The molecule has 0 aromatic heterocycles. The number of phenols is 2. The molecule has 1 aliphatic carbocycles. The molecule has 24 heavy (non-hydrogen) atoms. The van der Waals surface area contributed by atoms with Gasteiger partial charge in [0.25, 0.3) is 0 Å². The maximum absolute atomic E-state index is 12.8. The molecule has 0 unspecified atom stereocenters. The second-order valence-electron chi connectivity index (χ2n) is 6.38. The van der Waals surface area contributed by atoms with Crippen LogP contribution in [-0.4, -0.2) is 21.8 Å². The lowest BCUT2D eigenvalue weighted by atomic mass is 9.74. The third-order valence-corrected chi connectivity index (χ3v) is 4.16. The number of aromatic hydroxyl groups is 2. The minimum absolute atomic E-state index is 0.0876. The summed E-state index contributed by atoms with van der Waals surface area (Å²) in [6, 6.07) is 7.95. The lowest BCUT2D eigenvalue weighted by molar-refractivity contribution is -0.115. The fourth-order valence-corrected chi connectivity index (χ4v) is 3.28. The SMILES string of the molecule is CC(C)=CC(=O)[C@@H]1c2cccc(O)c2C(=O)c2c(O)cc(C)cc21. The van der Waals surface area contributed by atoms with Crippen molar-refractivity contribution in [2.45, 2.75) is 26.7 Å². The van der Waals surface area contributed by atoms with Crippen LogP contribution in [0.3, 0.4) is 0 Å². The first-order valence-electron chi connectivity index (χ1n) is 7.70. The van der Waals surface area contributed by atoms with Crippen molar-refractivity contribution in [1.82, 2.24) is 0 Å². The van der Waals surface area contributed by atoms with E-state index in [1.54, 1.807) is 25.1 Å². The van der Waals surface area contributed by atoms with E-state index in [0.717, 1.165) is 11.1 Å².